The Kier molecular flexibility index (Phi) is 3.66. The molecule has 0 spiro atoms. The van der Waals surface area contributed by atoms with Crippen molar-refractivity contribution in [2.24, 2.45) is 15.4 Å². The average Bonchev–Trinajstić information content (AvgIpc) is 2.30. The third-order valence-corrected chi connectivity index (χ3v) is 3.09. The van der Waals surface area contributed by atoms with Crippen LogP contribution in [-0.4, -0.2) is 43.8 Å². The molecule has 88 valence electrons. The summed E-state index contributed by atoms with van der Waals surface area (Å²) in [5.41, 5.74) is 1.30. The summed E-state index contributed by atoms with van der Waals surface area (Å²) < 4.78 is 0. The van der Waals surface area contributed by atoms with Gasteiger partial charge in [-0.2, -0.15) is 5.11 Å². The SMILES string of the molecule is CN(C)C1CCN/C(=C/C2CC=NN=N2)C1. The highest BCUT2D eigenvalue weighted by atomic mass is 15.4. The molecule has 2 unspecified atom stereocenters. The lowest BCUT2D eigenvalue weighted by atomic mass is 10.0. The van der Waals surface area contributed by atoms with Crippen molar-refractivity contribution in [3.05, 3.63) is 11.8 Å². The fourth-order valence-electron chi connectivity index (χ4n) is 2.06. The lowest BCUT2D eigenvalue weighted by molar-refractivity contribution is 0.255. The van der Waals surface area contributed by atoms with Gasteiger partial charge in [-0.15, -0.1) is 5.10 Å². The molecule has 0 aromatic rings. The molecular formula is C11H19N5. The first-order chi connectivity index (χ1) is 7.75. The molecule has 0 aromatic carbocycles. The summed E-state index contributed by atoms with van der Waals surface area (Å²) in [6.45, 7) is 1.05. The number of hydrogen-bond acceptors (Lipinski definition) is 5. The van der Waals surface area contributed by atoms with E-state index in [-0.39, 0.29) is 6.04 Å². The van der Waals surface area contributed by atoms with Crippen LogP contribution in [0.4, 0.5) is 0 Å². The van der Waals surface area contributed by atoms with E-state index in [4.69, 9.17) is 0 Å². The van der Waals surface area contributed by atoms with E-state index in [1.54, 1.807) is 0 Å². The number of hydrogen-bond donors (Lipinski definition) is 1. The molecule has 2 atom stereocenters. The second kappa shape index (κ2) is 5.21. The van der Waals surface area contributed by atoms with E-state index in [0.29, 0.717) is 6.04 Å². The van der Waals surface area contributed by atoms with Crippen LogP contribution in [0.3, 0.4) is 0 Å². The molecule has 0 radical (unpaired) electrons. The van der Waals surface area contributed by atoms with E-state index in [1.165, 1.54) is 12.1 Å². The molecule has 2 heterocycles. The molecule has 5 heteroatoms. The summed E-state index contributed by atoms with van der Waals surface area (Å²) in [4.78, 5) is 2.29. The number of nitrogens with zero attached hydrogens (tertiary/aromatic N) is 4. The Morgan fingerprint density at radius 1 is 1.50 bits per heavy atom. The molecule has 2 aliphatic heterocycles. The van der Waals surface area contributed by atoms with Crippen LogP contribution in [0.1, 0.15) is 19.3 Å². The maximum absolute atomic E-state index is 4.09. The van der Waals surface area contributed by atoms with Crippen molar-refractivity contribution < 1.29 is 0 Å². The Balaban J connectivity index is 1.95. The van der Waals surface area contributed by atoms with Crippen molar-refractivity contribution in [1.29, 1.82) is 0 Å². The molecule has 0 bridgehead atoms. The van der Waals surface area contributed by atoms with Crippen LogP contribution in [0.5, 0.6) is 0 Å². The van der Waals surface area contributed by atoms with Crippen molar-refractivity contribution >= 4 is 6.21 Å². The zero-order valence-electron chi connectivity index (χ0n) is 9.93. The molecule has 16 heavy (non-hydrogen) atoms. The van der Waals surface area contributed by atoms with E-state index < -0.39 is 0 Å². The zero-order valence-corrected chi connectivity index (χ0v) is 9.93. The van der Waals surface area contributed by atoms with Gasteiger partial charge in [0.05, 0.1) is 6.04 Å². The van der Waals surface area contributed by atoms with Crippen LogP contribution in [0.15, 0.2) is 27.2 Å². The van der Waals surface area contributed by atoms with Crippen molar-refractivity contribution in [2.75, 3.05) is 20.6 Å². The Labute approximate surface area is 96.3 Å². The van der Waals surface area contributed by atoms with Crippen LogP contribution >= 0.6 is 0 Å². The van der Waals surface area contributed by atoms with E-state index >= 15 is 0 Å². The summed E-state index contributed by atoms with van der Waals surface area (Å²) in [6.07, 6.45) is 7.15. The van der Waals surface area contributed by atoms with Gasteiger partial charge in [-0.1, -0.05) is 0 Å². The van der Waals surface area contributed by atoms with Gasteiger partial charge >= 0.3 is 0 Å². The van der Waals surface area contributed by atoms with Gasteiger partial charge in [-0.05, 0) is 31.8 Å². The molecular weight excluding hydrogens is 202 g/mol. The van der Waals surface area contributed by atoms with Crippen molar-refractivity contribution in [1.82, 2.24) is 10.2 Å². The molecule has 1 saturated heterocycles. The predicted molar refractivity (Wildman–Crippen MR) is 64.5 cm³/mol. The minimum Gasteiger partial charge on any atom is -0.388 e. The molecule has 0 aromatic heterocycles. The van der Waals surface area contributed by atoms with Crippen LogP contribution in [0, 0.1) is 0 Å². The fraction of sp³-hybridized carbons (Fsp3) is 0.727. The zero-order chi connectivity index (χ0) is 11.4. The molecule has 0 aliphatic carbocycles. The molecule has 2 aliphatic rings. The summed E-state index contributed by atoms with van der Waals surface area (Å²) in [5.74, 6) is 0. The summed E-state index contributed by atoms with van der Waals surface area (Å²) in [5, 5.41) is 15.0. The molecule has 2 rings (SSSR count). The molecule has 1 fully saturated rings. The van der Waals surface area contributed by atoms with Gasteiger partial charge in [0.15, 0.2) is 0 Å². The second-order valence-corrected chi connectivity index (χ2v) is 4.53. The average molecular weight is 221 g/mol. The quantitative estimate of drug-likeness (QED) is 0.766. The van der Waals surface area contributed by atoms with E-state index in [1.807, 2.05) is 6.21 Å². The summed E-state index contributed by atoms with van der Waals surface area (Å²) in [6, 6.07) is 0.808. The summed E-state index contributed by atoms with van der Waals surface area (Å²) in [7, 11) is 4.28. The summed E-state index contributed by atoms with van der Waals surface area (Å²) >= 11 is 0. The Morgan fingerprint density at radius 2 is 2.38 bits per heavy atom. The number of nitrogens with one attached hydrogen (secondary N) is 1. The number of piperidine rings is 1. The molecule has 0 saturated carbocycles. The lowest BCUT2D eigenvalue weighted by Gasteiger charge is -2.31. The van der Waals surface area contributed by atoms with Gasteiger partial charge < -0.3 is 10.2 Å². The van der Waals surface area contributed by atoms with Crippen molar-refractivity contribution in [3.8, 4) is 0 Å². The maximum Gasteiger partial charge on any atom is 0.0980 e. The van der Waals surface area contributed by atoms with Gasteiger partial charge in [0.2, 0.25) is 0 Å². The van der Waals surface area contributed by atoms with Crippen LogP contribution in [0.2, 0.25) is 0 Å². The van der Waals surface area contributed by atoms with Crippen molar-refractivity contribution in [2.45, 2.75) is 31.3 Å². The predicted octanol–water partition coefficient (Wildman–Crippen LogP) is 1.39. The Morgan fingerprint density at radius 3 is 3.06 bits per heavy atom. The van der Waals surface area contributed by atoms with Crippen LogP contribution < -0.4 is 5.32 Å². The Bertz CT molecular complexity index is 318. The topological polar surface area (TPSA) is 52.3 Å². The monoisotopic (exact) mass is 221 g/mol. The van der Waals surface area contributed by atoms with Gasteiger partial charge in [0, 0.05) is 37.3 Å². The first-order valence-electron chi connectivity index (χ1n) is 5.78. The standard InChI is InChI=1S/C11H19N5/c1-16(2)11-4-5-12-10(8-11)7-9-3-6-13-15-14-9/h6-7,9,11-12H,3-5,8H2,1-2H3/b10-7+. The van der Waals surface area contributed by atoms with Crippen LogP contribution in [0.25, 0.3) is 0 Å². The largest absolute Gasteiger partial charge is 0.388 e. The smallest absolute Gasteiger partial charge is 0.0980 e. The van der Waals surface area contributed by atoms with E-state index in [0.717, 1.165) is 19.4 Å². The fourth-order valence-corrected chi connectivity index (χ4v) is 2.06. The first kappa shape index (κ1) is 11.3. The highest BCUT2D eigenvalue weighted by Crippen LogP contribution is 2.17. The molecule has 1 N–H and O–H groups in total. The van der Waals surface area contributed by atoms with Crippen LogP contribution in [-0.2, 0) is 0 Å². The van der Waals surface area contributed by atoms with Gasteiger partial charge in [-0.3, -0.25) is 0 Å². The second-order valence-electron chi connectivity index (χ2n) is 4.53. The normalized spacial score (nSPS) is 32.1. The Hall–Kier alpha value is -1.23. The third kappa shape index (κ3) is 2.88. The first-order valence-corrected chi connectivity index (χ1v) is 5.78. The van der Waals surface area contributed by atoms with E-state index in [9.17, 15) is 0 Å². The third-order valence-electron chi connectivity index (χ3n) is 3.09. The number of rotatable bonds is 2. The highest BCUT2D eigenvalue weighted by molar-refractivity contribution is 5.58. The molecule has 5 nitrogen and oxygen atoms in total. The highest BCUT2D eigenvalue weighted by Gasteiger charge is 2.19. The van der Waals surface area contributed by atoms with Crippen molar-refractivity contribution in [3.63, 3.8) is 0 Å². The van der Waals surface area contributed by atoms with Gasteiger partial charge in [-0.25, -0.2) is 0 Å². The van der Waals surface area contributed by atoms with E-state index in [2.05, 4.69) is 45.8 Å². The molecule has 0 amide bonds. The minimum absolute atomic E-state index is 0.168. The minimum atomic E-state index is 0.168. The van der Waals surface area contributed by atoms with Gasteiger partial charge in [0.1, 0.15) is 0 Å². The lowest BCUT2D eigenvalue weighted by Crippen LogP contribution is -2.38. The van der Waals surface area contributed by atoms with Gasteiger partial charge in [0.25, 0.3) is 0 Å². The maximum atomic E-state index is 4.09.